The third-order valence-corrected chi connectivity index (χ3v) is 1.51. The summed E-state index contributed by atoms with van der Waals surface area (Å²) in [5, 5.41) is 8.59. The number of benzene rings is 1. The molecule has 0 aliphatic rings. The molecule has 13 heavy (non-hydrogen) atoms. The average molecular weight is 175 g/mol. The molecular formula is C9H9N3O. The molecule has 0 fully saturated rings. The summed E-state index contributed by atoms with van der Waals surface area (Å²) in [6.45, 7) is 0.508. The van der Waals surface area contributed by atoms with Crippen LogP contribution in [0.2, 0.25) is 0 Å². The minimum absolute atomic E-state index is 0.508. The maximum atomic E-state index is 9.89. The number of rotatable bonds is 4. The van der Waals surface area contributed by atoms with E-state index in [9.17, 15) is 4.79 Å². The molecule has 0 aliphatic heterocycles. The monoisotopic (exact) mass is 175 g/mol. The molecule has 4 nitrogen and oxygen atoms in total. The van der Waals surface area contributed by atoms with Crippen LogP contribution in [0.5, 0.6) is 0 Å². The Hall–Kier alpha value is -1.86. The molecular weight excluding hydrogens is 166 g/mol. The van der Waals surface area contributed by atoms with E-state index in [1.165, 1.54) is 0 Å². The number of carbonyl (C=O) groups excluding carboxylic acids is 1. The van der Waals surface area contributed by atoms with Gasteiger partial charge >= 0.3 is 0 Å². The molecule has 0 spiro atoms. The molecule has 0 saturated carbocycles. The summed E-state index contributed by atoms with van der Waals surface area (Å²) in [6.07, 6.45) is 0.564. The second kappa shape index (κ2) is 4.91. The first-order valence-electron chi connectivity index (χ1n) is 3.78. The molecule has 0 aromatic heterocycles. The van der Waals surface area contributed by atoms with Gasteiger partial charge in [-0.15, -0.1) is 0 Å². The summed E-state index contributed by atoms with van der Waals surface area (Å²) in [5.41, 5.74) is 6.56. The van der Waals surface area contributed by atoms with Crippen molar-refractivity contribution in [2.24, 2.45) is 0 Å². The van der Waals surface area contributed by atoms with Crippen molar-refractivity contribution >= 4 is 6.41 Å². The fourth-order valence-electron chi connectivity index (χ4n) is 0.946. The molecule has 2 N–H and O–H groups in total. The van der Waals surface area contributed by atoms with Crippen LogP contribution in [-0.4, -0.2) is 6.41 Å². The lowest BCUT2D eigenvalue weighted by Gasteiger charge is -2.02. The zero-order chi connectivity index (χ0) is 9.52. The molecule has 0 bridgehead atoms. The number of nitriles is 1. The van der Waals surface area contributed by atoms with Crippen molar-refractivity contribution in [1.82, 2.24) is 10.9 Å². The first-order chi connectivity index (χ1) is 6.36. The van der Waals surface area contributed by atoms with Crippen LogP contribution in [0.1, 0.15) is 11.1 Å². The summed E-state index contributed by atoms with van der Waals surface area (Å²) in [6, 6.07) is 9.21. The van der Waals surface area contributed by atoms with Gasteiger partial charge in [-0.25, -0.2) is 5.43 Å². The van der Waals surface area contributed by atoms with Crippen molar-refractivity contribution in [3.8, 4) is 6.07 Å². The quantitative estimate of drug-likeness (QED) is 0.393. The molecule has 0 heterocycles. The van der Waals surface area contributed by atoms with Crippen molar-refractivity contribution in [1.29, 1.82) is 5.26 Å². The van der Waals surface area contributed by atoms with E-state index in [4.69, 9.17) is 5.26 Å². The van der Waals surface area contributed by atoms with Gasteiger partial charge in [-0.05, 0) is 17.7 Å². The maximum Gasteiger partial charge on any atom is 0.221 e. The number of hydrazine groups is 1. The first kappa shape index (κ1) is 9.23. The van der Waals surface area contributed by atoms with E-state index in [2.05, 4.69) is 10.9 Å². The van der Waals surface area contributed by atoms with Crippen LogP contribution in [0.25, 0.3) is 0 Å². The Bertz CT molecular complexity index is 330. The third-order valence-electron chi connectivity index (χ3n) is 1.51. The van der Waals surface area contributed by atoms with Crippen molar-refractivity contribution in [3.63, 3.8) is 0 Å². The SMILES string of the molecule is N#Cc1cccc(CNNC=O)c1. The lowest BCUT2D eigenvalue weighted by atomic mass is 10.1. The maximum absolute atomic E-state index is 9.89. The lowest BCUT2D eigenvalue weighted by Crippen LogP contribution is -2.29. The molecule has 0 atom stereocenters. The minimum atomic E-state index is 0.508. The van der Waals surface area contributed by atoms with Gasteiger partial charge in [0.15, 0.2) is 0 Å². The standard InChI is InChI=1S/C9H9N3O/c10-5-8-2-1-3-9(4-8)6-11-12-7-13/h1-4,7,11H,6H2,(H,12,13). The van der Waals surface area contributed by atoms with Crippen molar-refractivity contribution in [3.05, 3.63) is 35.4 Å². The Labute approximate surface area is 76.2 Å². The molecule has 0 unspecified atom stereocenters. The zero-order valence-corrected chi connectivity index (χ0v) is 6.95. The van der Waals surface area contributed by atoms with Gasteiger partial charge in [0.2, 0.25) is 6.41 Å². The van der Waals surface area contributed by atoms with E-state index in [-0.39, 0.29) is 0 Å². The van der Waals surface area contributed by atoms with Gasteiger partial charge in [0, 0.05) is 6.54 Å². The van der Waals surface area contributed by atoms with E-state index < -0.39 is 0 Å². The second-order valence-corrected chi connectivity index (χ2v) is 2.43. The van der Waals surface area contributed by atoms with Crippen LogP contribution in [0.3, 0.4) is 0 Å². The molecule has 1 amide bonds. The highest BCUT2D eigenvalue weighted by Gasteiger charge is 1.93. The van der Waals surface area contributed by atoms with Gasteiger partial charge < -0.3 is 0 Å². The third kappa shape index (κ3) is 2.93. The predicted octanol–water partition coefficient (Wildman–Crippen LogP) is 0.309. The summed E-state index contributed by atoms with van der Waals surface area (Å²) >= 11 is 0. The van der Waals surface area contributed by atoms with E-state index in [1.54, 1.807) is 18.2 Å². The Morgan fingerprint density at radius 3 is 3.08 bits per heavy atom. The summed E-state index contributed by atoms with van der Waals surface area (Å²) < 4.78 is 0. The first-order valence-corrected chi connectivity index (χ1v) is 3.78. The number of carbonyl (C=O) groups is 1. The van der Waals surface area contributed by atoms with Gasteiger partial charge in [0.05, 0.1) is 11.6 Å². The van der Waals surface area contributed by atoms with Crippen LogP contribution < -0.4 is 10.9 Å². The fraction of sp³-hybridized carbons (Fsp3) is 0.111. The normalized spacial score (nSPS) is 8.85. The number of hydrogen-bond acceptors (Lipinski definition) is 3. The Morgan fingerprint density at radius 2 is 2.38 bits per heavy atom. The van der Waals surface area contributed by atoms with Crippen molar-refractivity contribution in [2.75, 3.05) is 0 Å². The molecule has 66 valence electrons. The minimum Gasteiger partial charge on any atom is -0.294 e. The van der Waals surface area contributed by atoms with Crippen LogP contribution in [-0.2, 0) is 11.3 Å². The van der Waals surface area contributed by atoms with E-state index in [0.29, 0.717) is 18.5 Å². The van der Waals surface area contributed by atoms with Crippen molar-refractivity contribution < 1.29 is 4.79 Å². The molecule has 0 radical (unpaired) electrons. The summed E-state index contributed by atoms with van der Waals surface area (Å²) in [4.78, 5) is 9.89. The topological polar surface area (TPSA) is 64.9 Å². The van der Waals surface area contributed by atoms with Gasteiger partial charge in [-0.3, -0.25) is 10.2 Å². The predicted molar refractivity (Wildman–Crippen MR) is 47.2 cm³/mol. The molecule has 1 aromatic rings. The highest BCUT2D eigenvalue weighted by atomic mass is 16.1. The molecule has 0 aliphatic carbocycles. The summed E-state index contributed by atoms with van der Waals surface area (Å²) in [7, 11) is 0. The molecule has 1 aromatic carbocycles. The van der Waals surface area contributed by atoms with E-state index in [0.717, 1.165) is 5.56 Å². The van der Waals surface area contributed by atoms with Crippen LogP contribution >= 0.6 is 0 Å². The van der Waals surface area contributed by atoms with Gasteiger partial charge in [0.25, 0.3) is 0 Å². The largest absolute Gasteiger partial charge is 0.294 e. The molecule has 1 rings (SSSR count). The van der Waals surface area contributed by atoms with Crippen LogP contribution in [0.4, 0.5) is 0 Å². The Kier molecular flexibility index (Phi) is 3.48. The highest BCUT2D eigenvalue weighted by molar-refractivity contribution is 5.44. The van der Waals surface area contributed by atoms with Gasteiger partial charge in [0.1, 0.15) is 0 Å². The smallest absolute Gasteiger partial charge is 0.221 e. The van der Waals surface area contributed by atoms with E-state index in [1.807, 2.05) is 12.1 Å². The highest BCUT2D eigenvalue weighted by Crippen LogP contribution is 2.02. The number of hydrogen-bond donors (Lipinski definition) is 2. The summed E-state index contributed by atoms with van der Waals surface area (Å²) in [5.74, 6) is 0. The van der Waals surface area contributed by atoms with Gasteiger partial charge in [-0.1, -0.05) is 12.1 Å². The van der Waals surface area contributed by atoms with E-state index >= 15 is 0 Å². The Morgan fingerprint density at radius 1 is 1.54 bits per heavy atom. The molecule has 4 heteroatoms. The second-order valence-electron chi connectivity index (χ2n) is 2.43. The number of nitrogens with zero attached hydrogens (tertiary/aromatic N) is 1. The number of amides is 1. The molecule has 0 saturated heterocycles. The van der Waals surface area contributed by atoms with Crippen LogP contribution in [0, 0.1) is 11.3 Å². The Balaban J connectivity index is 2.57. The average Bonchev–Trinajstić information content (AvgIpc) is 2.19. The fourth-order valence-corrected chi connectivity index (χ4v) is 0.946. The van der Waals surface area contributed by atoms with Crippen LogP contribution in [0.15, 0.2) is 24.3 Å². The van der Waals surface area contributed by atoms with Gasteiger partial charge in [-0.2, -0.15) is 5.26 Å². The zero-order valence-electron chi connectivity index (χ0n) is 6.95. The lowest BCUT2D eigenvalue weighted by molar-refractivity contribution is -0.110. The van der Waals surface area contributed by atoms with Crippen molar-refractivity contribution in [2.45, 2.75) is 6.54 Å². The number of nitrogens with one attached hydrogen (secondary N) is 2.